The number of rotatable bonds is 7. The maximum atomic E-state index is 13.1. The van der Waals surface area contributed by atoms with E-state index in [0.717, 1.165) is 0 Å². The number of methoxy groups -OCH3 is 1. The van der Waals surface area contributed by atoms with Crippen LogP contribution in [0.25, 0.3) is 0 Å². The highest BCUT2D eigenvalue weighted by molar-refractivity contribution is 5.97. The van der Waals surface area contributed by atoms with Gasteiger partial charge in [0.15, 0.2) is 0 Å². The second-order valence-electron chi connectivity index (χ2n) is 9.82. The van der Waals surface area contributed by atoms with Crippen LogP contribution < -0.4 is 5.32 Å². The van der Waals surface area contributed by atoms with Gasteiger partial charge >= 0.3 is 5.97 Å². The van der Waals surface area contributed by atoms with Crippen LogP contribution in [0.5, 0.6) is 0 Å². The number of Topliss-reactive ketones (excluding diaryl/α,β-unsaturated/α-hetero) is 1. The third-order valence-electron chi connectivity index (χ3n) is 6.68. The van der Waals surface area contributed by atoms with Crippen molar-refractivity contribution in [2.24, 2.45) is 17.8 Å². The summed E-state index contributed by atoms with van der Waals surface area (Å²) >= 11 is 0. The Morgan fingerprint density at radius 1 is 1.19 bits per heavy atom. The van der Waals surface area contributed by atoms with Gasteiger partial charge in [0.25, 0.3) is 0 Å². The smallest absolute Gasteiger partial charge is 0.331 e. The molecule has 1 unspecified atom stereocenters. The van der Waals surface area contributed by atoms with Crippen LogP contribution in [0.1, 0.15) is 59.3 Å². The Labute approximate surface area is 212 Å². The summed E-state index contributed by atoms with van der Waals surface area (Å²) in [6.07, 6.45) is 6.66. The average molecular weight is 506 g/mol. The van der Waals surface area contributed by atoms with Gasteiger partial charge in [-0.05, 0) is 37.7 Å². The molecular weight excluding hydrogens is 466 g/mol. The van der Waals surface area contributed by atoms with Crippen LogP contribution in [-0.4, -0.2) is 65.3 Å². The normalized spacial score (nSPS) is 28.5. The molecule has 0 aliphatic carbocycles. The SMILES string of the molecule is CO[C@H]1C=CCCC=CC(=O)OC([C@H](C)C(=O)C[C@H](O)CC2CC(=O)NC(=O)C2)C(C)=C[C@@H](C)[C@@H]1O. The van der Waals surface area contributed by atoms with Crippen molar-refractivity contribution in [3.8, 4) is 0 Å². The van der Waals surface area contributed by atoms with Crippen molar-refractivity contribution in [2.75, 3.05) is 7.11 Å². The van der Waals surface area contributed by atoms with Gasteiger partial charge in [0.2, 0.25) is 11.8 Å². The second-order valence-corrected chi connectivity index (χ2v) is 9.82. The van der Waals surface area contributed by atoms with Gasteiger partial charge in [-0.1, -0.05) is 38.2 Å². The van der Waals surface area contributed by atoms with Crippen LogP contribution in [-0.2, 0) is 28.7 Å². The topological polar surface area (TPSA) is 139 Å². The van der Waals surface area contributed by atoms with Crippen LogP contribution in [0, 0.1) is 17.8 Å². The number of hydrogen-bond acceptors (Lipinski definition) is 8. The number of cyclic esters (lactones) is 1. The van der Waals surface area contributed by atoms with E-state index in [1.165, 1.54) is 13.2 Å². The maximum Gasteiger partial charge on any atom is 0.331 e. The summed E-state index contributed by atoms with van der Waals surface area (Å²) in [6.45, 7) is 5.19. The van der Waals surface area contributed by atoms with Gasteiger partial charge in [0.1, 0.15) is 18.0 Å². The number of hydrogen-bond donors (Lipinski definition) is 3. The monoisotopic (exact) mass is 505 g/mol. The van der Waals surface area contributed by atoms with Crippen molar-refractivity contribution in [3.05, 3.63) is 36.0 Å². The predicted molar refractivity (Wildman–Crippen MR) is 132 cm³/mol. The van der Waals surface area contributed by atoms with Crippen molar-refractivity contribution < 1.29 is 38.9 Å². The first-order chi connectivity index (χ1) is 17.0. The molecule has 0 spiro atoms. The summed E-state index contributed by atoms with van der Waals surface area (Å²) in [7, 11) is 1.52. The lowest BCUT2D eigenvalue weighted by Gasteiger charge is -2.28. The molecule has 1 fully saturated rings. The van der Waals surface area contributed by atoms with E-state index < -0.39 is 36.3 Å². The number of imide groups is 1. The van der Waals surface area contributed by atoms with E-state index in [9.17, 15) is 29.4 Å². The maximum absolute atomic E-state index is 13.1. The molecule has 2 rings (SSSR count). The molecule has 0 radical (unpaired) electrons. The molecule has 36 heavy (non-hydrogen) atoms. The molecule has 0 aromatic rings. The molecule has 2 aliphatic rings. The predicted octanol–water partition coefficient (Wildman–Crippen LogP) is 2.16. The summed E-state index contributed by atoms with van der Waals surface area (Å²) in [6, 6.07) is 0. The molecule has 6 atom stereocenters. The van der Waals surface area contributed by atoms with Gasteiger partial charge < -0.3 is 19.7 Å². The van der Waals surface area contributed by atoms with Crippen LogP contribution >= 0.6 is 0 Å². The number of ketones is 1. The van der Waals surface area contributed by atoms with Crippen LogP contribution in [0.15, 0.2) is 36.0 Å². The first kappa shape index (κ1) is 29.6. The number of nitrogens with one attached hydrogen (secondary N) is 1. The first-order valence-corrected chi connectivity index (χ1v) is 12.5. The Morgan fingerprint density at radius 3 is 2.47 bits per heavy atom. The number of piperidine rings is 1. The van der Waals surface area contributed by atoms with Crippen molar-refractivity contribution in [1.82, 2.24) is 5.32 Å². The van der Waals surface area contributed by atoms with Gasteiger partial charge in [0, 0.05) is 38.4 Å². The van der Waals surface area contributed by atoms with Gasteiger partial charge in [-0.25, -0.2) is 4.79 Å². The summed E-state index contributed by atoms with van der Waals surface area (Å²) < 4.78 is 11.1. The number of ether oxygens (including phenoxy) is 2. The fourth-order valence-electron chi connectivity index (χ4n) is 4.67. The summed E-state index contributed by atoms with van der Waals surface area (Å²) in [5, 5.41) is 23.5. The zero-order chi connectivity index (χ0) is 26.8. The van der Waals surface area contributed by atoms with E-state index in [1.807, 2.05) is 13.0 Å². The number of amides is 2. The van der Waals surface area contributed by atoms with E-state index >= 15 is 0 Å². The first-order valence-electron chi connectivity index (χ1n) is 12.5. The molecule has 1 saturated heterocycles. The summed E-state index contributed by atoms with van der Waals surface area (Å²) in [4.78, 5) is 48.7. The third-order valence-corrected chi connectivity index (χ3v) is 6.68. The van der Waals surface area contributed by atoms with Crippen molar-refractivity contribution >= 4 is 23.6 Å². The Kier molecular flexibility index (Phi) is 11.7. The van der Waals surface area contributed by atoms with Crippen molar-refractivity contribution in [3.63, 3.8) is 0 Å². The molecule has 9 heteroatoms. The summed E-state index contributed by atoms with van der Waals surface area (Å²) in [5.41, 5.74) is 0.601. The number of carbonyl (C=O) groups is 4. The number of esters is 1. The molecule has 9 nitrogen and oxygen atoms in total. The minimum Gasteiger partial charge on any atom is -0.454 e. The molecule has 200 valence electrons. The number of aliphatic hydroxyl groups excluding tert-OH is 2. The molecule has 3 N–H and O–H groups in total. The third kappa shape index (κ3) is 9.11. The molecule has 0 saturated carbocycles. The van der Waals surface area contributed by atoms with Gasteiger partial charge in [-0.2, -0.15) is 0 Å². The zero-order valence-corrected chi connectivity index (χ0v) is 21.5. The Bertz CT molecular complexity index is 876. The highest BCUT2D eigenvalue weighted by Gasteiger charge is 2.33. The van der Waals surface area contributed by atoms with Crippen LogP contribution in [0.4, 0.5) is 0 Å². The highest BCUT2D eigenvalue weighted by Crippen LogP contribution is 2.26. The molecular formula is C27H39NO8. The standard InChI is InChI=1S/C27H39NO8/c1-16-11-17(2)27(36-25(33)10-8-6-5-7-9-22(35-4)26(16)34)18(3)21(30)15-20(29)12-19-13-23(31)28-24(32)14-19/h7-11,16,18-20,22,26-27,29,34H,5-6,12-15H2,1-4H3,(H,28,31,32)/t16-,18-,20-,22+,26+,27?/m1/s1. The van der Waals surface area contributed by atoms with Gasteiger partial charge in [-0.3, -0.25) is 19.7 Å². The van der Waals surface area contributed by atoms with E-state index in [1.54, 1.807) is 32.1 Å². The Balaban J connectivity index is 2.17. The van der Waals surface area contributed by atoms with E-state index in [-0.39, 0.29) is 55.1 Å². The number of allylic oxidation sites excluding steroid dienone is 2. The number of carbonyl (C=O) groups excluding carboxylic acids is 4. The largest absolute Gasteiger partial charge is 0.454 e. The zero-order valence-electron chi connectivity index (χ0n) is 21.5. The highest BCUT2D eigenvalue weighted by atomic mass is 16.5. The van der Waals surface area contributed by atoms with Gasteiger partial charge in [-0.15, -0.1) is 0 Å². The molecule has 0 bridgehead atoms. The van der Waals surface area contributed by atoms with Crippen molar-refractivity contribution in [1.29, 1.82) is 0 Å². The quantitative estimate of drug-likeness (QED) is 0.272. The average Bonchev–Trinajstić information content (AvgIpc) is 2.79. The molecule has 2 amide bonds. The van der Waals surface area contributed by atoms with Gasteiger partial charge in [0.05, 0.1) is 18.1 Å². The Morgan fingerprint density at radius 2 is 1.83 bits per heavy atom. The van der Waals surface area contributed by atoms with E-state index in [0.29, 0.717) is 18.4 Å². The van der Waals surface area contributed by atoms with E-state index in [2.05, 4.69) is 5.32 Å². The molecule has 2 heterocycles. The summed E-state index contributed by atoms with van der Waals surface area (Å²) in [5.74, 6) is -3.10. The fraction of sp³-hybridized carbons (Fsp3) is 0.630. The van der Waals surface area contributed by atoms with Crippen LogP contribution in [0.3, 0.4) is 0 Å². The van der Waals surface area contributed by atoms with Crippen LogP contribution in [0.2, 0.25) is 0 Å². The lowest BCUT2D eigenvalue weighted by atomic mass is 9.85. The fourth-order valence-corrected chi connectivity index (χ4v) is 4.67. The molecule has 2 aliphatic heterocycles. The molecule has 0 aromatic carbocycles. The Hall–Kier alpha value is -2.62. The van der Waals surface area contributed by atoms with Crippen molar-refractivity contribution in [2.45, 2.75) is 83.7 Å². The number of aliphatic hydroxyl groups is 2. The minimum absolute atomic E-state index is 0.124. The van der Waals surface area contributed by atoms with E-state index in [4.69, 9.17) is 9.47 Å². The lowest BCUT2D eigenvalue weighted by Crippen LogP contribution is -2.40. The minimum atomic E-state index is -1.03. The molecule has 0 aromatic heterocycles. The lowest BCUT2D eigenvalue weighted by molar-refractivity contribution is -0.145. The second kappa shape index (κ2) is 14.2.